The van der Waals surface area contributed by atoms with Crippen LogP contribution in [-0.2, 0) is 4.79 Å². The Morgan fingerprint density at radius 2 is 1.46 bits per heavy atom. The number of anilines is 3. The summed E-state index contributed by atoms with van der Waals surface area (Å²) in [5.41, 5.74) is 3.09. The SMILES string of the molecule is CCN(C)c1ccc(C(=O)Nc2ccc(NC(=O)CC(C)C)cc2)cc1. The number of rotatable bonds is 7. The van der Waals surface area contributed by atoms with Gasteiger partial charge in [0.05, 0.1) is 0 Å². The second-order valence-electron chi connectivity index (χ2n) is 6.74. The van der Waals surface area contributed by atoms with Gasteiger partial charge in [0.1, 0.15) is 0 Å². The topological polar surface area (TPSA) is 61.4 Å². The third-order valence-corrected chi connectivity index (χ3v) is 4.06. The van der Waals surface area contributed by atoms with Gasteiger partial charge in [-0.1, -0.05) is 13.8 Å². The highest BCUT2D eigenvalue weighted by molar-refractivity contribution is 6.04. The van der Waals surface area contributed by atoms with Crippen LogP contribution in [0.25, 0.3) is 0 Å². The largest absolute Gasteiger partial charge is 0.375 e. The number of carbonyl (C=O) groups excluding carboxylic acids is 2. The van der Waals surface area contributed by atoms with Crippen LogP contribution in [0.2, 0.25) is 0 Å². The van der Waals surface area contributed by atoms with E-state index in [9.17, 15) is 9.59 Å². The lowest BCUT2D eigenvalue weighted by Gasteiger charge is -2.16. The molecular formula is C21H27N3O2. The first-order valence-corrected chi connectivity index (χ1v) is 8.91. The molecule has 0 aliphatic heterocycles. The Hall–Kier alpha value is -2.82. The predicted molar refractivity (Wildman–Crippen MR) is 108 cm³/mol. The highest BCUT2D eigenvalue weighted by atomic mass is 16.2. The summed E-state index contributed by atoms with van der Waals surface area (Å²) in [6.45, 7) is 7.00. The summed E-state index contributed by atoms with van der Waals surface area (Å²) in [7, 11) is 2.01. The summed E-state index contributed by atoms with van der Waals surface area (Å²) < 4.78 is 0. The molecule has 0 aliphatic carbocycles. The van der Waals surface area contributed by atoms with Gasteiger partial charge in [-0.3, -0.25) is 9.59 Å². The van der Waals surface area contributed by atoms with Gasteiger partial charge in [-0.2, -0.15) is 0 Å². The van der Waals surface area contributed by atoms with Crippen LogP contribution < -0.4 is 15.5 Å². The van der Waals surface area contributed by atoms with Gasteiger partial charge < -0.3 is 15.5 Å². The van der Waals surface area contributed by atoms with Crippen LogP contribution in [0.3, 0.4) is 0 Å². The van der Waals surface area contributed by atoms with Gasteiger partial charge in [-0.25, -0.2) is 0 Å². The van der Waals surface area contributed by atoms with E-state index in [2.05, 4.69) is 22.5 Å². The molecule has 0 spiro atoms. The Bertz CT molecular complexity index is 737. The minimum Gasteiger partial charge on any atom is -0.375 e. The quantitative estimate of drug-likeness (QED) is 0.776. The Labute approximate surface area is 155 Å². The number of nitrogens with zero attached hydrogens (tertiary/aromatic N) is 1. The molecule has 0 unspecified atom stereocenters. The zero-order chi connectivity index (χ0) is 19.1. The van der Waals surface area contributed by atoms with Gasteiger partial charge in [-0.05, 0) is 61.4 Å². The van der Waals surface area contributed by atoms with Crippen molar-refractivity contribution in [2.24, 2.45) is 5.92 Å². The van der Waals surface area contributed by atoms with Crippen molar-refractivity contribution in [3.05, 3.63) is 54.1 Å². The number of hydrogen-bond acceptors (Lipinski definition) is 3. The first kappa shape index (κ1) is 19.5. The van der Waals surface area contributed by atoms with Crippen LogP contribution in [0, 0.1) is 5.92 Å². The summed E-state index contributed by atoms with van der Waals surface area (Å²) in [4.78, 5) is 26.2. The van der Waals surface area contributed by atoms with Crippen molar-refractivity contribution in [2.75, 3.05) is 29.1 Å². The van der Waals surface area contributed by atoms with E-state index in [1.54, 1.807) is 24.3 Å². The molecule has 0 saturated carbocycles. The van der Waals surface area contributed by atoms with Crippen LogP contribution in [-0.4, -0.2) is 25.4 Å². The van der Waals surface area contributed by atoms with E-state index in [0.717, 1.165) is 17.9 Å². The monoisotopic (exact) mass is 353 g/mol. The number of carbonyl (C=O) groups is 2. The Balaban J connectivity index is 1.95. The predicted octanol–water partition coefficient (Wildman–Crippen LogP) is 4.38. The van der Waals surface area contributed by atoms with E-state index in [4.69, 9.17) is 0 Å². The average Bonchev–Trinajstić information content (AvgIpc) is 2.62. The molecule has 5 heteroatoms. The molecule has 2 amide bonds. The van der Waals surface area contributed by atoms with Crippen molar-refractivity contribution < 1.29 is 9.59 Å². The van der Waals surface area contributed by atoms with Gasteiger partial charge in [-0.15, -0.1) is 0 Å². The molecule has 0 radical (unpaired) electrons. The van der Waals surface area contributed by atoms with E-state index < -0.39 is 0 Å². The molecule has 0 heterocycles. The fourth-order valence-corrected chi connectivity index (χ4v) is 2.47. The highest BCUT2D eigenvalue weighted by Gasteiger charge is 2.08. The summed E-state index contributed by atoms with van der Waals surface area (Å²) >= 11 is 0. The molecule has 26 heavy (non-hydrogen) atoms. The van der Waals surface area contributed by atoms with Crippen LogP contribution in [0.4, 0.5) is 17.1 Å². The van der Waals surface area contributed by atoms with Crippen molar-refractivity contribution in [3.8, 4) is 0 Å². The maximum absolute atomic E-state index is 12.4. The molecule has 2 rings (SSSR count). The third-order valence-electron chi connectivity index (χ3n) is 4.06. The number of hydrogen-bond donors (Lipinski definition) is 2. The van der Waals surface area contributed by atoms with Gasteiger partial charge in [0.2, 0.25) is 5.91 Å². The van der Waals surface area contributed by atoms with Gasteiger partial charge in [0, 0.05) is 42.6 Å². The van der Waals surface area contributed by atoms with E-state index in [1.807, 2.05) is 45.2 Å². The zero-order valence-electron chi connectivity index (χ0n) is 15.9. The van der Waals surface area contributed by atoms with Crippen LogP contribution >= 0.6 is 0 Å². The van der Waals surface area contributed by atoms with Gasteiger partial charge in [0.25, 0.3) is 5.91 Å². The van der Waals surface area contributed by atoms with E-state index in [-0.39, 0.29) is 11.8 Å². The molecule has 0 atom stereocenters. The maximum atomic E-state index is 12.4. The molecular weight excluding hydrogens is 326 g/mol. The van der Waals surface area contributed by atoms with Crippen molar-refractivity contribution in [1.29, 1.82) is 0 Å². The lowest BCUT2D eigenvalue weighted by molar-refractivity contribution is -0.116. The summed E-state index contributed by atoms with van der Waals surface area (Å²) in [5, 5.41) is 5.72. The lowest BCUT2D eigenvalue weighted by Crippen LogP contribution is -2.16. The molecule has 138 valence electrons. The Morgan fingerprint density at radius 3 is 1.96 bits per heavy atom. The smallest absolute Gasteiger partial charge is 0.255 e. The molecule has 0 saturated heterocycles. The number of nitrogens with one attached hydrogen (secondary N) is 2. The molecule has 2 aromatic carbocycles. The fraction of sp³-hybridized carbons (Fsp3) is 0.333. The lowest BCUT2D eigenvalue weighted by atomic mass is 10.1. The van der Waals surface area contributed by atoms with Crippen molar-refractivity contribution in [2.45, 2.75) is 27.2 Å². The van der Waals surface area contributed by atoms with Crippen molar-refractivity contribution in [3.63, 3.8) is 0 Å². The molecule has 0 aliphatic rings. The molecule has 2 aromatic rings. The Kier molecular flexibility index (Phi) is 6.78. The number of amides is 2. The summed E-state index contributed by atoms with van der Waals surface area (Å²) in [6, 6.07) is 14.6. The first-order chi connectivity index (χ1) is 12.4. The van der Waals surface area contributed by atoms with Crippen LogP contribution in [0.15, 0.2) is 48.5 Å². The van der Waals surface area contributed by atoms with Crippen LogP contribution in [0.5, 0.6) is 0 Å². The second kappa shape index (κ2) is 9.04. The summed E-state index contributed by atoms with van der Waals surface area (Å²) in [6.07, 6.45) is 0.488. The third kappa shape index (κ3) is 5.62. The fourth-order valence-electron chi connectivity index (χ4n) is 2.47. The molecule has 2 N–H and O–H groups in total. The summed E-state index contributed by atoms with van der Waals surface area (Å²) in [5.74, 6) is 0.151. The minimum absolute atomic E-state index is 0.00563. The molecule has 0 fully saturated rings. The molecule has 5 nitrogen and oxygen atoms in total. The average molecular weight is 353 g/mol. The normalized spacial score (nSPS) is 10.5. The van der Waals surface area contributed by atoms with Gasteiger partial charge >= 0.3 is 0 Å². The minimum atomic E-state index is -0.160. The highest BCUT2D eigenvalue weighted by Crippen LogP contribution is 2.17. The zero-order valence-corrected chi connectivity index (χ0v) is 15.9. The maximum Gasteiger partial charge on any atom is 0.255 e. The van der Waals surface area contributed by atoms with Crippen molar-refractivity contribution in [1.82, 2.24) is 0 Å². The second-order valence-corrected chi connectivity index (χ2v) is 6.74. The molecule has 0 aromatic heterocycles. The Morgan fingerprint density at radius 1 is 0.923 bits per heavy atom. The van der Waals surface area contributed by atoms with Crippen LogP contribution in [0.1, 0.15) is 37.6 Å². The van der Waals surface area contributed by atoms with Gasteiger partial charge in [0.15, 0.2) is 0 Å². The number of benzene rings is 2. The molecule has 0 bridgehead atoms. The standard InChI is InChI=1S/C21H27N3O2/c1-5-24(4)19-12-6-16(7-13-19)21(26)23-18-10-8-17(9-11-18)22-20(25)14-15(2)3/h6-13,15H,5,14H2,1-4H3,(H,22,25)(H,23,26). The van der Waals surface area contributed by atoms with E-state index >= 15 is 0 Å². The first-order valence-electron chi connectivity index (χ1n) is 8.91. The van der Waals surface area contributed by atoms with E-state index in [1.165, 1.54) is 0 Å². The van der Waals surface area contributed by atoms with Crippen molar-refractivity contribution >= 4 is 28.9 Å². The van der Waals surface area contributed by atoms with E-state index in [0.29, 0.717) is 23.6 Å².